The lowest BCUT2D eigenvalue weighted by molar-refractivity contribution is 0.0922. The van der Waals surface area contributed by atoms with Crippen LogP contribution in [0.5, 0.6) is 0 Å². The van der Waals surface area contributed by atoms with Crippen LogP contribution in [0.1, 0.15) is 37.0 Å². The summed E-state index contributed by atoms with van der Waals surface area (Å²) in [6.07, 6.45) is 6.08. The first-order valence-corrected chi connectivity index (χ1v) is 9.34. The van der Waals surface area contributed by atoms with Crippen molar-refractivity contribution in [2.45, 2.75) is 32.7 Å². The van der Waals surface area contributed by atoms with Crippen molar-refractivity contribution < 1.29 is 4.79 Å². The van der Waals surface area contributed by atoms with E-state index in [2.05, 4.69) is 29.0 Å². The second-order valence-electron chi connectivity index (χ2n) is 6.99. The second kappa shape index (κ2) is 7.97. The number of hydrogen-bond donors (Lipinski definition) is 2. The predicted octanol–water partition coefficient (Wildman–Crippen LogP) is 3.39. The van der Waals surface area contributed by atoms with Gasteiger partial charge in [-0.2, -0.15) is 0 Å². The van der Waals surface area contributed by atoms with Gasteiger partial charge in [-0.15, -0.1) is 0 Å². The number of aromatic amines is 1. The number of nitrogens with one attached hydrogen (secondary N) is 2. The van der Waals surface area contributed by atoms with Gasteiger partial charge >= 0.3 is 0 Å². The molecular formula is C19H26N4OS. The molecule has 1 fully saturated rings. The third kappa shape index (κ3) is 4.38. The van der Waals surface area contributed by atoms with Gasteiger partial charge in [-0.25, -0.2) is 0 Å². The molecule has 1 atom stereocenters. The van der Waals surface area contributed by atoms with Gasteiger partial charge < -0.3 is 15.2 Å². The molecule has 2 N–H and O–H groups in total. The molecule has 1 aliphatic heterocycles. The SMILES string of the molecule is CC(C)N1CCC[C@@H](CNC(=O)c2ccc(-n3cc[nH]c3=S)cc2)C1. The number of carbonyl (C=O) groups is 1. The molecule has 0 aliphatic carbocycles. The minimum atomic E-state index is -0.00844. The Morgan fingerprint density at radius 3 is 2.76 bits per heavy atom. The van der Waals surface area contributed by atoms with E-state index >= 15 is 0 Å². The Hall–Kier alpha value is -1.92. The molecule has 1 aromatic heterocycles. The van der Waals surface area contributed by atoms with Crippen molar-refractivity contribution in [1.29, 1.82) is 0 Å². The first-order chi connectivity index (χ1) is 12.0. The number of nitrogens with zero attached hydrogens (tertiary/aromatic N) is 2. The molecule has 0 unspecified atom stereocenters. The number of amides is 1. The van der Waals surface area contributed by atoms with Gasteiger partial charge in [-0.3, -0.25) is 9.36 Å². The first-order valence-electron chi connectivity index (χ1n) is 8.93. The average molecular weight is 359 g/mol. The predicted molar refractivity (Wildman–Crippen MR) is 103 cm³/mol. The summed E-state index contributed by atoms with van der Waals surface area (Å²) in [7, 11) is 0. The summed E-state index contributed by atoms with van der Waals surface area (Å²) in [5, 5.41) is 3.09. The molecule has 1 saturated heterocycles. The molecule has 0 spiro atoms. The van der Waals surface area contributed by atoms with Crippen molar-refractivity contribution in [3.05, 3.63) is 47.0 Å². The number of piperidine rings is 1. The molecule has 5 nitrogen and oxygen atoms in total. The zero-order valence-electron chi connectivity index (χ0n) is 14.9. The summed E-state index contributed by atoms with van der Waals surface area (Å²) in [6.45, 7) is 7.46. The second-order valence-corrected chi connectivity index (χ2v) is 7.38. The Labute approximate surface area is 154 Å². The van der Waals surface area contributed by atoms with Crippen LogP contribution in [0.3, 0.4) is 0 Å². The van der Waals surface area contributed by atoms with Crippen molar-refractivity contribution in [2.75, 3.05) is 19.6 Å². The maximum absolute atomic E-state index is 12.4. The van der Waals surface area contributed by atoms with Crippen molar-refractivity contribution >= 4 is 18.1 Å². The third-order valence-corrected chi connectivity index (χ3v) is 5.20. The van der Waals surface area contributed by atoms with Crippen LogP contribution in [0.2, 0.25) is 0 Å². The van der Waals surface area contributed by atoms with E-state index in [0.717, 1.165) is 18.8 Å². The van der Waals surface area contributed by atoms with Gasteiger partial charge in [0.1, 0.15) is 0 Å². The van der Waals surface area contributed by atoms with E-state index in [1.54, 1.807) is 6.20 Å². The highest BCUT2D eigenvalue weighted by Crippen LogP contribution is 2.18. The van der Waals surface area contributed by atoms with Gasteiger partial charge in [-0.05, 0) is 75.6 Å². The minimum absolute atomic E-state index is 0.00844. The molecule has 0 bridgehead atoms. The minimum Gasteiger partial charge on any atom is -0.352 e. The highest BCUT2D eigenvalue weighted by Gasteiger charge is 2.22. The van der Waals surface area contributed by atoms with Crippen LogP contribution in [-0.2, 0) is 0 Å². The van der Waals surface area contributed by atoms with Gasteiger partial charge in [-0.1, -0.05) is 0 Å². The number of benzene rings is 1. The Kier molecular flexibility index (Phi) is 5.71. The average Bonchev–Trinajstić information content (AvgIpc) is 3.06. The molecule has 2 heterocycles. The van der Waals surface area contributed by atoms with Gasteiger partial charge in [0.15, 0.2) is 4.77 Å². The number of imidazole rings is 1. The fourth-order valence-corrected chi connectivity index (χ4v) is 3.60. The maximum atomic E-state index is 12.4. The number of rotatable bonds is 5. The van der Waals surface area contributed by atoms with Gasteiger partial charge in [0.2, 0.25) is 0 Å². The summed E-state index contributed by atoms with van der Waals surface area (Å²) < 4.78 is 2.52. The third-order valence-electron chi connectivity index (χ3n) is 4.89. The molecule has 25 heavy (non-hydrogen) atoms. The molecular weight excluding hydrogens is 332 g/mol. The number of aromatic nitrogens is 2. The monoisotopic (exact) mass is 358 g/mol. The fraction of sp³-hybridized carbons (Fsp3) is 0.474. The molecule has 0 saturated carbocycles. The Morgan fingerprint density at radius 1 is 1.36 bits per heavy atom. The molecule has 6 heteroatoms. The van der Waals surface area contributed by atoms with Crippen molar-refractivity contribution in [1.82, 2.24) is 19.8 Å². The number of carbonyl (C=O) groups excluding carboxylic acids is 1. The normalized spacial score (nSPS) is 18.4. The Balaban J connectivity index is 1.56. The molecule has 3 rings (SSSR count). The first kappa shape index (κ1) is 17.9. The lowest BCUT2D eigenvalue weighted by atomic mass is 9.97. The van der Waals surface area contributed by atoms with E-state index in [1.165, 1.54) is 19.4 Å². The van der Waals surface area contributed by atoms with E-state index in [0.29, 0.717) is 22.3 Å². The van der Waals surface area contributed by atoms with Crippen LogP contribution in [0, 0.1) is 10.7 Å². The van der Waals surface area contributed by atoms with Crippen LogP contribution in [0.4, 0.5) is 0 Å². The molecule has 1 aromatic carbocycles. The van der Waals surface area contributed by atoms with Gasteiger partial charge in [0.05, 0.1) is 0 Å². The zero-order valence-corrected chi connectivity index (χ0v) is 15.7. The summed E-state index contributed by atoms with van der Waals surface area (Å²) in [5.74, 6) is 0.531. The topological polar surface area (TPSA) is 53.1 Å². The van der Waals surface area contributed by atoms with Crippen LogP contribution in [0.15, 0.2) is 36.7 Å². The molecule has 2 aromatic rings. The summed E-state index contributed by atoms with van der Waals surface area (Å²) in [4.78, 5) is 17.9. The largest absolute Gasteiger partial charge is 0.352 e. The van der Waals surface area contributed by atoms with Crippen LogP contribution in [-0.4, -0.2) is 46.0 Å². The molecule has 1 amide bonds. The van der Waals surface area contributed by atoms with Gasteiger partial charge in [0.25, 0.3) is 5.91 Å². The highest BCUT2D eigenvalue weighted by molar-refractivity contribution is 7.71. The van der Waals surface area contributed by atoms with Crippen molar-refractivity contribution in [3.63, 3.8) is 0 Å². The Bertz CT molecular complexity index is 762. The summed E-state index contributed by atoms with van der Waals surface area (Å²) in [6, 6.07) is 8.10. The van der Waals surface area contributed by atoms with Gasteiger partial charge in [0, 0.05) is 42.8 Å². The summed E-state index contributed by atoms with van der Waals surface area (Å²) in [5.41, 5.74) is 1.63. The van der Waals surface area contributed by atoms with E-state index < -0.39 is 0 Å². The highest BCUT2D eigenvalue weighted by atomic mass is 32.1. The Morgan fingerprint density at radius 2 is 2.12 bits per heavy atom. The maximum Gasteiger partial charge on any atom is 0.251 e. The lowest BCUT2D eigenvalue weighted by Crippen LogP contribution is -2.43. The van der Waals surface area contributed by atoms with Crippen molar-refractivity contribution in [2.24, 2.45) is 5.92 Å². The standard InChI is InChI=1S/C19H26N4OS/c1-14(2)22-10-3-4-15(13-22)12-21-18(24)16-5-7-17(8-6-16)23-11-9-20-19(23)25/h5-9,11,14-15H,3-4,10,12-13H2,1-2H3,(H,20,25)(H,21,24)/t15-/m0/s1. The van der Waals surface area contributed by atoms with E-state index in [-0.39, 0.29) is 5.91 Å². The zero-order chi connectivity index (χ0) is 17.8. The quantitative estimate of drug-likeness (QED) is 0.806. The van der Waals surface area contributed by atoms with Crippen LogP contribution in [0.25, 0.3) is 5.69 Å². The van der Waals surface area contributed by atoms with Crippen LogP contribution < -0.4 is 5.32 Å². The van der Waals surface area contributed by atoms with Crippen LogP contribution >= 0.6 is 12.2 Å². The number of hydrogen-bond acceptors (Lipinski definition) is 3. The lowest BCUT2D eigenvalue weighted by Gasteiger charge is -2.35. The molecule has 0 radical (unpaired) electrons. The smallest absolute Gasteiger partial charge is 0.251 e. The molecule has 134 valence electrons. The van der Waals surface area contributed by atoms with E-state index in [1.807, 2.05) is 35.0 Å². The van der Waals surface area contributed by atoms with Crippen molar-refractivity contribution in [3.8, 4) is 5.69 Å². The molecule has 1 aliphatic rings. The number of likely N-dealkylation sites (tertiary alicyclic amines) is 1. The summed E-state index contributed by atoms with van der Waals surface area (Å²) >= 11 is 5.22. The van der Waals surface area contributed by atoms with E-state index in [9.17, 15) is 4.79 Å². The van der Waals surface area contributed by atoms with E-state index in [4.69, 9.17) is 12.2 Å². The number of H-pyrrole nitrogens is 1. The fourth-order valence-electron chi connectivity index (χ4n) is 3.37.